The van der Waals surface area contributed by atoms with Crippen LogP contribution in [0.15, 0.2) is 18.2 Å². The number of hydrogen-bond donors (Lipinski definition) is 0. The number of amides is 1. The van der Waals surface area contributed by atoms with E-state index in [1.165, 1.54) is 0 Å². The predicted octanol–water partition coefficient (Wildman–Crippen LogP) is 3.82. The van der Waals surface area contributed by atoms with Crippen LogP contribution in [-0.4, -0.2) is 53.2 Å². The minimum atomic E-state index is -0.225. The highest BCUT2D eigenvalue weighted by Gasteiger charge is 2.22. The van der Waals surface area contributed by atoms with Crippen molar-refractivity contribution in [2.45, 2.75) is 13.6 Å². The van der Waals surface area contributed by atoms with E-state index < -0.39 is 0 Å². The van der Waals surface area contributed by atoms with Crippen LogP contribution in [0, 0.1) is 3.95 Å². The Balaban J connectivity index is 1.70. The molecule has 8 heteroatoms. The molecule has 0 atom stereocenters. The summed E-state index contributed by atoms with van der Waals surface area (Å²) >= 11 is 13.2. The number of fused-ring (bicyclic) bond motifs is 1. The molecule has 1 saturated heterocycles. The largest absolute Gasteiger partial charge is 0.450 e. The van der Waals surface area contributed by atoms with Crippen LogP contribution < -0.4 is 0 Å². The molecular weight excluding hydrogens is 354 g/mol. The van der Waals surface area contributed by atoms with Crippen LogP contribution in [0.3, 0.4) is 0 Å². The van der Waals surface area contributed by atoms with E-state index in [0.29, 0.717) is 24.7 Å². The van der Waals surface area contributed by atoms with E-state index in [0.717, 1.165) is 33.9 Å². The summed E-state index contributed by atoms with van der Waals surface area (Å²) < 4.78 is 9.14. The standard InChI is InChI=1S/C15H18ClN3O2S2/c1-2-21-14(20)18-7-5-17(6-8-18)10-19-12-9-11(16)3-4-13(12)23-15(19)22/h3-4,9H,2,5-8,10H2,1H3. The van der Waals surface area contributed by atoms with E-state index >= 15 is 0 Å². The second-order valence-corrected chi connectivity index (χ2v) is 7.47. The molecule has 0 saturated carbocycles. The number of hydrogen-bond acceptors (Lipinski definition) is 5. The zero-order valence-corrected chi connectivity index (χ0v) is 15.2. The molecule has 1 amide bonds. The molecule has 3 rings (SSSR count). The first-order valence-corrected chi connectivity index (χ1v) is 9.11. The zero-order chi connectivity index (χ0) is 16.4. The first-order chi connectivity index (χ1) is 11.1. The van der Waals surface area contributed by atoms with Gasteiger partial charge in [0.2, 0.25) is 0 Å². The first-order valence-electron chi connectivity index (χ1n) is 7.51. The fourth-order valence-corrected chi connectivity index (χ4v) is 4.11. The molecule has 5 nitrogen and oxygen atoms in total. The summed E-state index contributed by atoms with van der Waals surface area (Å²) in [5, 5.41) is 0.714. The van der Waals surface area contributed by atoms with Crippen LogP contribution in [0.2, 0.25) is 5.02 Å². The lowest BCUT2D eigenvalue weighted by Crippen LogP contribution is -2.49. The molecule has 1 aromatic heterocycles. The number of rotatable bonds is 3. The molecule has 1 aliphatic rings. The summed E-state index contributed by atoms with van der Waals surface area (Å²) in [4.78, 5) is 15.8. The normalized spacial score (nSPS) is 16.0. The molecule has 0 N–H and O–H groups in total. The van der Waals surface area contributed by atoms with Crippen LogP contribution in [0.5, 0.6) is 0 Å². The summed E-state index contributed by atoms with van der Waals surface area (Å²) in [5.41, 5.74) is 1.07. The topological polar surface area (TPSA) is 37.7 Å². The number of ether oxygens (including phenoxy) is 1. The van der Waals surface area contributed by atoms with E-state index in [2.05, 4.69) is 9.47 Å². The SMILES string of the molecule is CCOC(=O)N1CCN(Cn2c(=S)sc3ccc(Cl)cc32)CC1. The highest BCUT2D eigenvalue weighted by Crippen LogP contribution is 2.26. The zero-order valence-electron chi connectivity index (χ0n) is 12.8. The van der Waals surface area contributed by atoms with E-state index in [1.807, 2.05) is 25.1 Å². The molecule has 0 aliphatic carbocycles. The van der Waals surface area contributed by atoms with Gasteiger partial charge < -0.3 is 14.2 Å². The van der Waals surface area contributed by atoms with Gasteiger partial charge in [-0.1, -0.05) is 11.6 Å². The fourth-order valence-electron chi connectivity index (χ4n) is 2.66. The van der Waals surface area contributed by atoms with Crippen molar-refractivity contribution in [2.24, 2.45) is 0 Å². The summed E-state index contributed by atoms with van der Waals surface area (Å²) in [6.45, 7) is 5.91. The van der Waals surface area contributed by atoms with Gasteiger partial charge >= 0.3 is 6.09 Å². The minimum absolute atomic E-state index is 0.225. The van der Waals surface area contributed by atoms with Crippen molar-refractivity contribution >= 4 is 51.5 Å². The summed E-state index contributed by atoms with van der Waals surface area (Å²) in [6.07, 6.45) is -0.225. The Morgan fingerprint density at radius 2 is 2.09 bits per heavy atom. The maximum Gasteiger partial charge on any atom is 0.409 e. The van der Waals surface area contributed by atoms with Crippen LogP contribution in [0.4, 0.5) is 4.79 Å². The average Bonchev–Trinajstić information content (AvgIpc) is 2.84. The van der Waals surface area contributed by atoms with Gasteiger partial charge in [-0.25, -0.2) is 4.79 Å². The monoisotopic (exact) mass is 371 g/mol. The average molecular weight is 372 g/mol. The third-order valence-electron chi connectivity index (χ3n) is 3.87. The highest BCUT2D eigenvalue weighted by atomic mass is 35.5. The Bertz CT molecular complexity index is 766. The van der Waals surface area contributed by atoms with Gasteiger partial charge in [0.15, 0.2) is 3.95 Å². The van der Waals surface area contributed by atoms with Gasteiger partial charge in [-0.2, -0.15) is 0 Å². The number of benzene rings is 1. The van der Waals surface area contributed by atoms with Gasteiger partial charge in [-0.05, 0) is 37.3 Å². The van der Waals surface area contributed by atoms with Crippen LogP contribution in [0.25, 0.3) is 10.2 Å². The Kier molecular flexibility index (Phi) is 5.21. The minimum Gasteiger partial charge on any atom is -0.450 e. The predicted molar refractivity (Wildman–Crippen MR) is 95.8 cm³/mol. The molecule has 1 aromatic carbocycles. The lowest BCUT2D eigenvalue weighted by molar-refractivity contribution is 0.0714. The summed E-state index contributed by atoms with van der Waals surface area (Å²) in [7, 11) is 0. The molecule has 23 heavy (non-hydrogen) atoms. The Hall–Kier alpha value is -1.15. The molecule has 0 radical (unpaired) electrons. The second kappa shape index (κ2) is 7.17. The van der Waals surface area contributed by atoms with Crippen LogP contribution in [-0.2, 0) is 11.4 Å². The van der Waals surface area contributed by atoms with Gasteiger partial charge in [0.05, 0.1) is 23.5 Å². The van der Waals surface area contributed by atoms with Crippen molar-refractivity contribution in [3.8, 4) is 0 Å². The Morgan fingerprint density at radius 3 is 2.78 bits per heavy atom. The Morgan fingerprint density at radius 1 is 1.35 bits per heavy atom. The Labute approximate surface area is 149 Å². The maximum absolute atomic E-state index is 11.7. The summed E-state index contributed by atoms with van der Waals surface area (Å²) in [5.74, 6) is 0. The van der Waals surface area contributed by atoms with Crippen molar-refractivity contribution in [2.75, 3.05) is 32.8 Å². The van der Waals surface area contributed by atoms with E-state index in [1.54, 1.807) is 16.2 Å². The van der Waals surface area contributed by atoms with Gasteiger partial charge in [0, 0.05) is 31.2 Å². The lowest BCUT2D eigenvalue weighted by Gasteiger charge is -2.34. The molecule has 0 bridgehead atoms. The van der Waals surface area contributed by atoms with Gasteiger partial charge in [0.1, 0.15) is 0 Å². The molecule has 0 unspecified atom stereocenters. The van der Waals surface area contributed by atoms with Crippen LogP contribution in [0.1, 0.15) is 6.92 Å². The molecule has 2 aromatic rings. The molecule has 1 aliphatic heterocycles. The van der Waals surface area contributed by atoms with Gasteiger partial charge in [-0.3, -0.25) is 4.90 Å². The summed E-state index contributed by atoms with van der Waals surface area (Å²) in [6, 6.07) is 5.85. The van der Waals surface area contributed by atoms with Crippen LogP contribution >= 0.6 is 35.2 Å². The van der Waals surface area contributed by atoms with E-state index in [9.17, 15) is 4.79 Å². The van der Waals surface area contributed by atoms with E-state index in [-0.39, 0.29) is 6.09 Å². The second-order valence-electron chi connectivity index (χ2n) is 5.35. The molecule has 124 valence electrons. The highest BCUT2D eigenvalue weighted by molar-refractivity contribution is 7.73. The smallest absolute Gasteiger partial charge is 0.409 e. The third kappa shape index (κ3) is 3.68. The van der Waals surface area contributed by atoms with Crippen molar-refractivity contribution in [1.29, 1.82) is 0 Å². The van der Waals surface area contributed by atoms with Gasteiger partial charge in [-0.15, -0.1) is 11.3 Å². The van der Waals surface area contributed by atoms with E-state index in [4.69, 9.17) is 28.6 Å². The molecular formula is C15H18ClN3O2S2. The van der Waals surface area contributed by atoms with Gasteiger partial charge in [0.25, 0.3) is 0 Å². The number of piperazine rings is 1. The number of nitrogens with zero attached hydrogens (tertiary/aromatic N) is 3. The molecule has 2 heterocycles. The number of carbonyl (C=O) groups excluding carboxylic acids is 1. The number of halogens is 1. The molecule has 1 fully saturated rings. The van der Waals surface area contributed by atoms with Crippen molar-refractivity contribution in [3.05, 3.63) is 27.2 Å². The van der Waals surface area contributed by atoms with Crippen molar-refractivity contribution in [1.82, 2.24) is 14.4 Å². The molecule has 0 spiro atoms. The fraction of sp³-hybridized carbons (Fsp3) is 0.467. The van der Waals surface area contributed by atoms with Crippen molar-refractivity contribution < 1.29 is 9.53 Å². The quantitative estimate of drug-likeness (QED) is 0.769. The number of carbonyl (C=O) groups is 1. The van der Waals surface area contributed by atoms with Crippen molar-refractivity contribution in [3.63, 3.8) is 0 Å². The lowest BCUT2D eigenvalue weighted by atomic mass is 10.3. The number of thiazole rings is 1. The third-order valence-corrected chi connectivity index (χ3v) is 5.53. The first kappa shape index (κ1) is 16.7. The number of aromatic nitrogens is 1. The maximum atomic E-state index is 11.7.